The van der Waals surface area contributed by atoms with Gasteiger partial charge >= 0.3 is 5.69 Å². The van der Waals surface area contributed by atoms with Crippen molar-refractivity contribution in [1.82, 2.24) is 20.0 Å². The second kappa shape index (κ2) is 8.88. The van der Waals surface area contributed by atoms with Gasteiger partial charge in [-0.05, 0) is 24.6 Å². The number of nitro benzene ring substituents is 1. The van der Waals surface area contributed by atoms with Gasteiger partial charge in [0, 0.05) is 42.5 Å². The van der Waals surface area contributed by atoms with Crippen molar-refractivity contribution < 1.29 is 19.2 Å². The van der Waals surface area contributed by atoms with Crippen molar-refractivity contribution in [2.24, 2.45) is 0 Å². The zero-order valence-corrected chi connectivity index (χ0v) is 17.0. The van der Waals surface area contributed by atoms with Crippen LogP contribution in [0.15, 0.2) is 54.2 Å². The summed E-state index contributed by atoms with van der Waals surface area (Å²) >= 11 is 1.32. The van der Waals surface area contributed by atoms with Crippen LogP contribution in [0.1, 0.15) is 16.9 Å². The molecule has 0 saturated carbocycles. The second-order valence-corrected chi connectivity index (χ2v) is 7.45. The number of carbonyl (C=O) groups excluding carboxylic acids is 2. The molecule has 0 bridgehead atoms. The molecule has 1 aromatic carbocycles. The highest BCUT2D eigenvalue weighted by molar-refractivity contribution is 7.13. The van der Waals surface area contributed by atoms with E-state index >= 15 is 0 Å². The lowest BCUT2D eigenvalue weighted by molar-refractivity contribution is -0.385. The van der Waals surface area contributed by atoms with Crippen LogP contribution < -0.4 is 4.74 Å². The smallest absolute Gasteiger partial charge is 0.310 e. The van der Waals surface area contributed by atoms with Crippen LogP contribution in [-0.2, 0) is 4.79 Å². The van der Waals surface area contributed by atoms with Crippen LogP contribution in [0.3, 0.4) is 0 Å². The van der Waals surface area contributed by atoms with E-state index in [0.29, 0.717) is 24.5 Å². The molecule has 11 heteroatoms. The Balaban J connectivity index is 1.44. The van der Waals surface area contributed by atoms with E-state index in [1.807, 2.05) is 6.07 Å². The summed E-state index contributed by atoms with van der Waals surface area (Å²) in [6, 6.07) is 9.46. The average Bonchev–Trinajstić information content (AvgIpc) is 3.48. The number of nitrogens with zero attached hydrogens (tertiary/aromatic N) is 5. The molecular formula is C20H17N5O5S. The van der Waals surface area contributed by atoms with Gasteiger partial charge in [0.2, 0.25) is 0 Å². The number of hydrogen-bond acceptors (Lipinski definition) is 8. The quantitative estimate of drug-likeness (QED) is 0.428. The SMILES string of the molecule is O=C(COc1ccccc1[N+](=O)[O-])N1CCCN1C(=O)c1csc(-c2cccnc2)n1. The minimum atomic E-state index is -0.576. The van der Waals surface area contributed by atoms with E-state index in [-0.39, 0.29) is 23.0 Å². The summed E-state index contributed by atoms with van der Waals surface area (Å²) < 4.78 is 5.38. The topological polar surface area (TPSA) is 119 Å². The third kappa shape index (κ3) is 4.36. The largest absolute Gasteiger partial charge is 0.477 e. The first-order valence-electron chi connectivity index (χ1n) is 9.39. The minimum Gasteiger partial charge on any atom is -0.477 e. The van der Waals surface area contributed by atoms with Gasteiger partial charge in [0.05, 0.1) is 4.92 Å². The number of thiazole rings is 1. The Labute approximate surface area is 180 Å². The Kier molecular flexibility index (Phi) is 5.85. The van der Waals surface area contributed by atoms with Crippen molar-refractivity contribution in [2.75, 3.05) is 19.7 Å². The van der Waals surface area contributed by atoms with Gasteiger partial charge in [-0.1, -0.05) is 12.1 Å². The lowest BCUT2D eigenvalue weighted by atomic mass is 10.3. The van der Waals surface area contributed by atoms with Crippen molar-refractivity contribution in [1.29, 1.82) is 0 Å². The predicted octanol–water partition coefficient (Wildman–Crippen LogP) is 2.78. The monoisotopic (exact) mass is 439 g/mol. The summed E-state index contributed by atoms with van der Waals surface area (Å²) in [6.45, 7) is 0.298. The molecule has 0 atom stereocenters. The molecule has 0 N–H and O–H groups in total. The number of nitro groups is 1. The van der Waals surface area contributed by atoms with Crippen molar-refractivity contribution in [3.8, 4) is 16.3 Å². The fourth-order valence-corrected chi connectivity index (χ4v) is 3.94. The lowest BCUT2D eigenvalue weighted by Gasteiger charge is -2.27. The van der Waals surface area contributed by atoms with E-state index in [4.69, 9.17) is 4.74 Å². The third-order valence-corrected chi connectivity index (χ3v) is 5.49. The molecular weight excluding hydrogens is 422 g/mol. The number of hydrazine groups is 1. The predicted molar refractivity (Wildman–Crippen MR) is 111 cm³/mol. The number of para-hydroxylation sites is 2. The number of ether oxygens (including phenoxy) is 1. The number of amides is 2. The molecule has 1 aliphatic heterocycles. The highest BCUT2D eigenvalue weighted by Gasteiger charge is 2.33. The number of rotatable bonds is 6. The Bertz CT molecular complexity index is 1120. The highest BCUT2D eigenvalue weighted by Crippen LogP contribution is 2.27. The molecule has 3 aromatic rings. The molecule has 31 heavy (non-hydrogen) atoms. The number of hydrogen-bond donors (Lipinski definition) is 0. The van der Waals surface area contributed by atoms with Crippen molar-refractivity contribution >= 4 is 28.8 Å². The van der Waals surface area contributed by atoms with Crippen LogP contribution in [0, 0.1) is 10.1 Å². The molecule has 1 aliphatic rings. The van der Waals surface area contributed by atoms with Crippen LogP contribution in [0.5, 0.6) is 5.75 Å². The maximum Gasteiger partial charge on any atom is 0.310 e. The van der Waals surface area contributed by atoms with Gasteiger partial charge in [-0.2, -0.15) is 0 Å². The van der Waals surface area contributed by atoms with Gasteiger partial charge in [0.25, 0.3) is 11.8 Å². The summed E-state index contributed by atoms with van der Waals surface area (Å²) in [5.41, 5.74) is 0.817. The first-order chi connectivity index (χ1) is 15.0. The average molecular weight is 439 g/mol. The van der Waals surface area contributed by atoms with Gasteiger partial charge in [-0.15, -0.1) is 11.3 Å². The van der Waals surface area contributed by atoms with E-state index in [2.05, 4.69) is 9.97 Å². The molecule has 3 heterocycles. The number of carbonyl (C=O) groups is 2. The van der Waals surface area contributed by atoms with E-state index in [1.165, 1.54) is 39.6 Å². The summed E-state index contributed by atoms with van der Waals surface area (Å²) in [4.78, 5) is 44.6. The standard InChI is InChI=1S/C20H17N5O5S/c26-18(12-30-17-7-2-1-6-16(17)25(28)29)23-9-4-10-24(23)20(27)15-13-31-19(22-15)14-5-3-8-21-11-14/h1-3,5-8,11,13H,4,9-10,12H2. The Morgan fingerprint density at radius 3 is 2.74 bits per heavy atom. The van der Waals surface area contributed by atoms with Crippen LogP contribution in [-0.4, -0.2) is 56.4 Å². The molecule has 1 saturated heterocycles. The number of aromatic nitrogens is 2. The normalized spacial score (nSPS) is 13.3. The molecule has 0 unspecified atom stereocenters. The Hall–Kier alpha value is -3.86. The Morgan fingerprint density at radius 1 is 1.16 bits per heavy atom. The highest BCUT2D eigenvalue weighted by atomic mass is 32.1. The van der Waals surface area contributed by atoms with E-state index < -0.39 is 17.4 Å². The zero-order chi connectivity index (χ0) is 21.8. The molecule has 158 valence electrons. The third-order valence-electron chi connectivity index (χ3n) is 4.60. The van der Waals surface area contributed by atoms with Crippen molar-refractivity contribution in [3.63, 3.8) is 0 Å². The Morgan fingerprint density at radius 2 is 1.97 bits per heavy atom. The van der Waals surface area contributed by atoms with Gasteiger partial charge < -0.3 is 4.74 Å². The molecule has 0 aliphatic carbocycles. The lowest BCUT2D eigenvalue weighted by Crippen LogP contribution is -2.46. The fourth-order valence-electron chi connectivity index (χ4n) is 3.15. The second-order valence-electron chi connectivity index (χ2n) is 6.59. The van der Waals surface area contributed by atoms with Crippen molar-refractivity contribution in [3.05, 3.63) is 70.0 Å². The number of pyridine rings is 1. The maximum atomic E-state index is 13.0. The summed E-state index contributed by atoms with van der Waals surface area (Å²) in [6.07, 6.45) is 3.93. The summed E-state index contributed by atoms with van der Waals surface area (Å²) in [5.74, 6) is -0.854. The zero-order valence-electron chi connectivity index (χ0n) is 16.2. The molecule has 0 radical (unpaired) electrons. The van der Waals surface area contributed by atoms with E-state index in [0.717, 1.165) is 5.56 Å². The number of benzene rings is 1. The van der Waals surface area contributed by atoms with Crippen LogP contribution in [0.4, 0.5) is 5.69 Å². The fraction of sp³-hybridized carbons (Fsp3) is 0.200. The molecule has 2 amide bonds. The minimum absolute atomic E-state index is 0.00135. The molecule has 10 nitrogen and oxygen atoms in total. The first-order valence-corrected chi connectivity index (χ1v) is 10.3. The van der Waals surface area contributed by atoms with E-state index in [9.17, 15) is 19.7 Å². The van der Waals surface area contributed by atoms with Gasteiger partial charge in [0.1, 0.15) is 10.7 Å². The van der Waals surface area contributed by atoms with Gasteiger partial charge in [-0.3, -0.25) is 24.7 Å². The van der Waals surface area contributed by atoms with Crippen LogP contribution >= 0.6 is 11.3 Å². The molecule has 2 aromatic heterocycles. The maximum absolute atomic E-state index is 13.0. The molecule has 0 spiro atoms. The molecule has 1 fully saturated rings. The van der Waals surface area contributed by atoms with Crippen molar-refractivity contribution in [2.45, 2.75) is 6.42 Å². The summed E-state index contributed by atoms with van der Waals surface area (Å²) in [7, 11) is 0. The molecule has 4 rings (SSSR count). The van der Waals surface area contributed by atoms with Crippen LogP contribution in [0.2, 0.25) is 0 Å². The first kappa shape index (κ1) is 20.4. The van der Waals surface area contributed by atoms with Gasteiger partial charge in [-0.25, -0.2) is 15.0 Å². The van der Waals surface area contributed by atoms with Gasteiger partial charge in [0.15, 0.2) is 12.4 Å². The summed E-state index contributed by atoms with van der Waals surface area (Å²) in [5, 5.41) is 16.0. The van der Waals surface area contributed by atoms with Crippen LogP contribution in [0.25, 0.3) is 10.6 Å². The van der Waals surface area contributed by atoms with E-state index in [1.54, 1.807) is 29.9 Å².